The number of pyridine rings is 1. The smallest absolute Gasteiger partial charge is 0.268 e. The first-order valence-corrected chi connectivity index (χ1v) is 6.31. The molecule has 0 aliphatic rings. The molecule has 2 rings (SSSR count). The van der Waals surface area contributed by atoms with E-state index in [9.17, 15) is 4.79 Å². The van der Waals surface area contributed by atoms with E-state index in [1.54, 1.807) is 23.8 Å². The van der Waals surface area contributed by atoms with Crippen LogP contribution >= 0.6 is 0 Å². The summed E-state index contributed by atoms with van der Waals surface area (Å²) >= 11 is 0. The standard InChI is InChI=1S/C16H16N2O2/c1-11-4-7-15(20-3)14(8-11)10-18-12(2)5-6-13(9-17)16(18)19/h4-8H,10H2,1-3H3. The second kappa shape index (κ2) is 5.62. The first kappa shape index (κ1) is 13.9. The number of ether oxygens (including phenoxy) is 1. The van der Waals surface area contributed by atoms with Crippen molar-refractivity contribution in [3.63, 3.8) is 0 Å². The zero-order chi connectivity index (χ0) is 14.7. The normalized spacial score (nSPS) is 10.1. The molecular weight excluding hydrogens is 252 g/mol. The van der Waals surface area contributed by atoms with E-state index in [1.165, 1.54) is 0 Å². The van der Waals surface area contributed by atoms with Crippen LogP contribution < -0.4 is 10.3 Å². The minimum Gasteiger partial charge on any atom is -0.496 e. The molecule has 0 aliphatic heterocycles. The lowest BCUT2D eigenvalue weighted by atomic mass is 10.1. The van der Waals surface area contributed by atoms with Crippen LogP contribution in [0, 0.1) is 25.2 Å². The highest BCUT2D eigenvalue weighted by Gasteiger charge is 2.09. The summed E-state index contributed by atoms with van der Waals surface area (Å²) in [5.74, 6) is 0.740. The second-order valence-electron chi connectivity index (χ2n) is 4.71. The summed E-state index contributed by atoms with van der Waals surface area (Å²) < 4.78 is 6.92. The van der Waals surface area contributed by atoms with Crippen molar-refractivity contribution in [1.82, 2.24) is 4.57 Å². The number of benzene rings is 1. The van der Waals surface area contributed by atoms with Gasteiger partial charge in [0.05, 0.1) is 13.7 Å². The summed E-state index contributed by atoms with van der Waals surface area (Å²) in [6.07, 6.45) is 0. The highest BCUT2D eigenvalue weighted by molar-refractivity contribution is 5.38. The van der Waals surface area contributed by atoms with Gasteiger partial charge in [-0.1, -0.05) is 17.7 Å². The van der Waals surface area contributed by atoms with Crippen molar-refractivity contribution >= 4 is 0 Å². The Morgan fingerprint density at radius 3 is 2.65 bits per heavy atom. The van der Waals surface area contributed by atoms with E-state index in [1.807, 2.05) is 38.1 Å². The topological polar surface area (TPSA) is 55.0 Å². The maximum Gasteiger partial charge on any atom is 0.268 e. The fourth-order valence-electron chi connectivity index (χ4n) is 2.15. The number of nitriles is 1. The number of aryl methyl sites for hydroxylation is 2. The van der Waals surface area contributed by atoms with Crippen molar-refractivity contribution in [1.29, 1.82) is 5.26 Å². The van der Waals surface area contributed by atoms with Crippen LogP contribution in [0.15, 0.2) is 35.1 Å². The fraction of sp³-hybridized carbons (Fsp3) is 0.250. The Morgan fingerprint density at radius 1 is 1.25 bits per heavy atom. The summed E-state index contributed by atoms with van der Waals surface area (Å²) in [6.45, 7) is 4.24. The molecule has 0 saturated heterocycles. The van der Waals surface area contributed by atoms with Gasteiger partial charge in [0.1, 0.15) is 17.4 Å². The van der Waals surface area contributed by atoms with Crippen molar-refractivity contribution in [2.24, 2.45) is 0 Å². The number of nitrogens with zero attached hydrogens (tertiary/aromatic N) is 2. The molecule has 0 fully saturated rings. The Kier molecular flexibility index (Phi) is 3.90. The summed E-state index contributed by atoms with van der Waals surface area (Å²) in [5.41, 5.74) is 2.73. The molecule has 4 nitrogen and oxygen atoms in total. The molecule has 1 aromatic heterocycles. The summed E-state index contributed by atoms with van der Waals surface area (Å²) in [7, 11) is 1.61. The van der Waals surface area contributed by atoms with Gasteiger partial charge < -0.3 is 9.30 Å². The van der Waals surface area contributed by atoms with Gasteiger partial charge in [-0.3, -0.25) is 4.79 Å². The molecule has 0 amide bonds. The highest BCUT2D eigenvalue weighted by atomic mass is 16.5. The first-order chi connectivity index (χ1) is 9.56. The van der Waals surface area contributed by atoms with Crippen LogP contribution in [-0.4, -0.2) is 11.7 Å². The van der Waals surface area contributed by atoms with Gasteiger partial charge in [-0.15, -0.1) is 0 Å². The molecule has 102 valence electrons. The molecule has 1 heterocycles. The van der Waals surface area contributed by atoms with E-state index in [0.717, 1.165) is 22.6 Å². The van der Waals surface area contributed by atoms with Gasteiger partial charge in [0, 0.05) is 11.3 Å². The van der Waals surface area contributed by atoms with Gasteiger partial charge >= 0.3 is 0 Å². The van der Waals surface area contributed by atoms with Crippen molar-refractivity contribution in [2.45, 2.75) is 20.4 Å². The number of rotatable bonds is 3. The summed E-state index contributed by atoms with van der Waals surface area (Å²) in [4.78, 5) is 12.2. The van der Waals surface area contributed by atoms with Crippen LogP contribution in [0.25, 0.3) is 0 Å². The van der Waals surface area contributed by atoms with Crippen LogP contribution in [0.2, 0.25) is 0 Å². The monoisotopic (exact) mass is 268 g/mol. The first-order valence-electron chi connectivity index (χ1n) is 6.31. The van der Waals surface area contributed by atoms with Gasteiger partial charge in [-0.2, -0.15) is 5.26 Å². The van der Waals surface area contributed by atoms with Crippen molar-refractivity contribution in [3.05, 3.63) is 63.1 Å². The third-order valence-electron chi connectivity index (χ3n) is 3.28. The molecule has 2 aromatic rings. The molecule has 0 unspecified atom stereocenters. The SMILES string of the molecule is COc1ccc(C)cc1Cn1c(C)ccc(C#N)c1=O. The molecule has 1 aromatic carbocycles. The summed E-state index contributed by atoms with van der Waals surface area (Å²) in [5, 5.41) is 8.96. The second-order valence-corrected chi connectivity index (χ2v) is 4.71. The molecule has 0 bridgehead atoms. The highest BCUT2D eigenvalue weighted by Crippen LogP contribution is 2.20. The van der Waals surface area contributed by atoms with Crippen molar-refractivity contribution < 1.29 is 4.74 Å². The number of hydrogen-bond acceptors (Lipinski definition) is 3. The van der Waals surface area contributed by atoms with Gasteiger partial charge in [0.15, 0.2) is 0 Å². The van der Waals surface area contributed by atoms with E-state index in [4.69, 9.17) is 10.00 Å². The maximum absolute atomic E-state index is 12.2. The minimum absolute atomic E-state index is 0.155. The Labute approximate surface area is 117 Å². The third-order valence-corrected chi connectivity index (χ3v) is 3.28. The zero-order valence-electron chi connectivity index (χ0n) is 11.8. The Morgan fingerprint density at radius 2 is 2.00 bits per heavy atom. The zero-order valence-corrected chi connectivity index (χ0v) is 11.8. The molecule has 4 heteroatoms. The largest absolute Gasteiger partial charge is 0.496 e. The lowest BCUT2D eigenvalue weighted by Crippen LogP contribution is -2.25. The predicted molar refractivity (Wildman–Crippen MR) is 77.0 cm³/mol. The van der Waals surface area contributed by atoms with Gasteiger partial charge in [0.2, 0.25) is 0 Å². The molecule has 0 saturated carbocycles. The van der Waals surface area contributed by atoms with Crippen LogP contribution in [0.1, 0.15) is 22.4 Å². The van der Waals surface area contributed by atoms with E-state index in [-0.39, 0.29) is 11.1 Å². The van der Waals surface area contributed by atoms with Crippen LogP contribution in [0.4, 0.5) is 0 Å². The fourth-order valence-corrected chi connectivity index (χ4v) is 2.15. The Bertz CT molecular complexity index is 739. The molecule has 0 radical (unpaired) electrons. The van der Waals surface area contributed by atoms with Crippen LogP contribution in [0.5, 0.6) is 5.75 Å². The van der Waals surface area contributed by atoms with E-state index < -0.39 is 0 Å². The quantitative estimate of drug-likeness (QED) is 0.859. The van der Waals surface area contributed by atoms with Gasteiger partial charge in [-0.25, -0.2) is 0 Å². The molecule has 20 heavy (non-hydrogen) atoms. The number of hydrogen-bond donors (Lipinski definition) is 0. The molecule has 0 aliphatic carbocycles. The average Bonchev–Trinajstić information content (AvgIpc) is 2.44. The van der Waals surface area contributed by atoms with E-state index in [0.29, 0.717) is 6.54 Å². The molecule has 0 N–H and O–H groups in total. The predicted octanol–water partition coefficient (Wildman–Crippen LogP) is 2.39. The molecular formula is C16H16N2O2. The average molecular weight is 268 g/mol. The van der Waals surface area contributed by atoms with E-state index >= 15 is 0 Å². The number of methoxy groups -OCH3 is 1. The maximum atomic E-state index is 12.2. The van der Waals surface area contributed by atoms with Crippen molar-refractivity contribution in [3.8, 4) is 11.8 Å². The lowest BCUT2D eigenvalue weighted by molar-refractivity contribution is 0.408. The summed E-state index contributed by atoms with van der Waals surface area (Å²) in [6, 6.07) is 11.1. The van der Waals surface area contributed by atoms with Crippen LogP contribution in [-0.2, 0) is 6.54 Å². The Hall–Kier alpha value is -2.54. The van der Waals surface area contributed by atoms with Crippen molar-refractivity contribution in [2.75, 3.05) is 7.11 Å². The van der Waals surface area contributed by atoms with Gasteiger partial charge in [-0.05, 0) is 32.0 Å². The minimum atomic E-state index is -0.268. The van der Waals surface area contributed by atoms with Gasteiger partial charge in [0.25, 0.3) is 5.56 Å². The van der Waals surface area contributed by atoms with Crippen LogP contribution in [0.3, 0.4) is 0 Å². The molecule has 0 spiro atoms. The lowest BCUT2D eigenvalue weighted by Gasteiger charge is -2.13. The molecule has 0 atom stereocenters. The van der Waals surface area contributed by atoms with E-state index in [2.05, 4.69) is 0 Å². The number of aromatic nitrogens is 1. The third kappa shape index (κ3) is 2.57. The Balaban J connectivity index is 2.53.